The maximum atomic E-state index is 6.19. The molecule has 4 bridgehead atoms. The Balaban J connectivity index is 1.56. The minimum absolute atomic E-state index is 0.112. The van der Waals surface area contributed by atoms with E-state index in [1.165, 1.54) is 38.5 Å². The molecule has 2 aromatic heterocycles. The van der Waals surface area contributed by atoms with Gasteiger partial charge in [-0.2, -0.15) is 0 Å². The van der Waals surface area contributed by atoms with Gasteiger partial charge in [-0.05, 0) is 67.4 Å². The highest BCUT2D eigenvalue weighted by atomic mass is 16.4. The molecular weight excluding hydrogens is 286 g/mol. The Morgan fingerprint density at radius 1 is 0.957 bits per heavy atom. The van der Waals surface area contributed by atoms with Gasteiger partial charge in [-0.3, -0.25) is 4.98 Å². The second kappa shape index (κ2) is 4.22. The summed E-state index contributed by atoms with van der Waals surface area (Å²) in [5.74, 6) is 2.34. The average Bonchev–Trinajstić information content (AvgIpc) is 2.95. The lowest BCUT2D eigenvalue weighted by Crippen LogP contribution is -2.57. The van der Waals surface area contributed by atoms with Crippen molar-refractivity contribution in [1.29, 1.82) is 0 Å². The molecule has 4 saturated carbocycles. The summed E-state index contributed by atoms with van der Waals surface area (Å²) in [4.78, 5) is 4.06. The first-order valence-corrected chi connectivity index (χ1v) is 8.72. The molecule has 0 N–H and O–H groups in total. The quantitative estimate of drug-likeness (QED) is 0.826. The monoisotopic (exact) mass is 309 g/mol. The third-order valence-electron chi connectivity index (χ3n) is 6.43. The van der Waals surface area contributed by atoms with E-state index in [4.69, 9.17) is 4.42 Å². The van der Waals surface area contributed by atoms with Gasteiger partial charge in [0.2, 0.25) is 11.8 Å². The summed E-state index contributed by atoms with van der Waals surface area (Å²) in [6.45, 7) is 4.95. The largest absolute Gasteiger partial charge is 0.420 e. The zero-order valence-electron chi connectivity index (χ0n) is 13.9. The van der Waals surface area contributed by atoms with Gasteiger partial charge in [0.25, 0.3) is 0 Å². The van der Waals surface area contributed by atoms with Gasteiger partial charge < -0.3 is 4.42 Å². The van der Waals surface area contributed by atoms with Gasteiger partial charge in [0, 0.05) is 23.4 Å². The van der Waals surface area contributed by atoms with Crippen LogP contribution in [0.3, 0.4) is 0 Å². The third-order valence-corrected chi connectivity index (χ3v) is 6.43. The molecule has 6 rings (SSSR count). The van der Waals surface area contributed by atoms with Crippen molar-refractivity contribution in [2.45, 2.75) is 57.8 Å². The van der Waals surface area contributed by atoms with Crippen molar-refractivity contribution in [1.82, 2.24) is 15.2 Å². The zero-order valence-corrected chi connectivity index (χ0v) is 13.9. The molecule has 120 valence electrons. The Labute approximate surface area is 136 Å². The molecule has 0 spiro atoms. The van der Waals surface area contributed by atoms with Crippen molar-refractivity contribution in [3.8, 4) is 11.5 Å². The van der Waals surface area contributed by atoms with E-state index in [1.54, 1.807) is 12.4 Å². The standard InChI is InChI=1S/C19H23N3O/c1-17-7-13-8-18(2,10-17)12-19(9-13,11-17)16-22-21-15(23-16)14-3-5-20-6-4-14/h3-6,13H,7-12H2,1-2H3. The third kappa shape index (κ3) is 2.00. The molecule has 0 saturated heterocycles. The molecule has 0 amide bonds. The van der Waals surface area contributed by atoms with E-state index in [1.807, 2.05) is 12.1 Å². The summed E-state index contributed by atoms with van der Waals surface area (Å²) in [5, 5.41) is 8.85. The van der Waals surface area contributed by atoms with E-state index < -0.39 is 0 Å². The van der Waals surface area contributed by atoms with Gasteiger partial charge in [0.15, 0.2) is 0 Å². The summed E-state index contributed by atoms with van der Waals surface area (Å²) in [6, 6.07) is 3.86. The van der Waals surface area contributed by atoms with Gasteiger partial charge >= 0.3 is 0 Å². The topological polar surface area (TPSA) is 51.8 Å². The molecule has 23 heavy (non-hydrogen) atoms. The number of hydrogen-bond acceptors (Lipinski definition) is 4. The first kappa shape index (κ1) is 13.7. The summed E-state index contributed by atoms with van der Waals surface area (Å²) in [6.07, 6.45) is 11.3. The molecule has 0 aromatic carbocycles. The van der Waals surface area contributed by atoms with Crippen LogP contribution < -0.4 is 0 Å². The number of pyridine rings is 1. The lowest BCUT2D eigenvalue weighted by molar-refractivity contribution is -0.117. The fraction of sp³-hybridized carbons (Fsp3) is 0.632. The van der Waals surface area contributed by atoms with Crippen LogP contribution in [0.4, 0.5) is 0 Å². The summed E-state index contributed by atoms with van der Waals surface area (Å²) < 4.78 is 6.19. The van der Waals surface area contributed by atoms with E-state index in [0.717, 1.165) is 17.4 Å². The molecule has 4 heteroatoms. The van der Waals surface area contributed by atoms with Gasteiger partial charge in [-0.15, -0.1) is 10.2 Å². The van der Waals surface area contributed by atoms with E-state index >= 15 is 0 Å². The number of rotatable bonds is 2. The Bertz CT molecular complexity index is 735. The molecular formula is C19H23N3O. The molecule has 4 aliphatic carbocycles. The molecule has 0 aliphatic heterocycles. The highest BCUT2D eigenvalue weighted by Crippen LogP contribution is 2.69. The van der Waals surface area contributed by atoms with Crippen LogP contribution in [0.25, 0.3) is 11.5 Å². The molecule has 2 aromatic rings. The van der Waals surface area contributed by atoms with E-state index in [2.05, 4.69) is 29.0 Å². The molecule has 4 nitrogen and oxygen atoms in total. The summed E-state index contributed by atoms with van der Waals surface area (Å²) >= 11 is 0. The van der Waals surface area contributed by atoms with Gasteiger partial charge in [-0.1, -0.05) is 13.8 Å². The number of aromatic nitrogens is 3. The van der Waals surface area contributed by atoms with Crippen LogP contribution in [0.1, 0.15) is 58.3 Å². The predicted molar refractivity (Wildman–Crippen MR) is 86.6 cm³/mol. The average molecular weight is 309 g/mol. The number of nitrogens with zero attached hydrogens (tertiary/aromatic N) is 3. The van der Waals surface area contributed by atoms with E-state index in [-0.39, 0.29) is 5.41 Å². The zero-order chi connectivity index (χ0) is 15.7. The highest BCUT2D eigenvalue weighted by molar-refractivity contribution is 5.51. The van der Waals surface area contributed by atoms with Crippen molar-refractivity contribution in [3.05, 3.63) is 30.4 Å². The smallest absolute Gasteiger partial charge is 0.247 e. The first-order chi connectivity index (χ1) is 11.0. The second-order valence-corrected chi connectivity index (χ2v) is 9.06. The van der Waals surface area contributed by atoms with Gasteiger partial charge in [-0.25, -0.2) is 0 Å². The molecule has 0 radical (unpaired) electrons. The Morgan fingerprint density at radius 2 is 1.65 bits per heavy atom. The predicted octanol–water partition coefficient (Wildman–Crippen LogP) is 4.38. The Hall–Kier alpha value is -1.71. The van der Waals surface area contributed by atoms with Crippen LogP contribution >= 0.6 is 0 Å². The molecule has 4 aliphatic rings. The number of hydrogen-bond donors (Lipinski definition) is 0. The van der Waals surface area contributed by atoms with Crippen molar-refractivity contribution in [2.24, 2.45) is 16.7 Å². The van der Waals surface area contributed by atoms with Crippen LogP contribution in [-0.4, -0.2) is 15.2 Å². The van der Waals surface area contributed by atoms with Crippen molar-refractivity contribution in [2.75, 3.05) is 0 Å². The van der Waals surface area contributed by atoms with Gasteiger partial charge in [0.1, 0.15) is 0 Å². The van der Waals surface area contributed by atoms with Crippen molar-refractivity contribution < 1.29 is 4.42 Å². The van der Waals surface area contributed by atoms with Crippen molar-refractivity contribution in [3.63, 3.8) is 0 Å². The Kier molecular flexibility index (Phi) is 2.52. The van der Waals surface area contributed by atoms with Crippen LogP contribution in [0.2, 0.25) is 0 Å². The lowest BCUT2D eigenvalue weighted by Gasteiger charge is -2.64. The fourth-order valence-corrected chi connectivity index (χ4v) is 6.73. The fourth-order valence-electron chi connectivity index (χ4n) is 6.73. The van der Waals surface area contributed by atoms with E-state index in [0.29, 0.717) is 16.7 Å². The SMILES string of the molecule is CC12CC3CC(C)(C1)CC(c1nnc(-c4ccncc4)o1)(C3)C2. The van der Waals surface area contributed by atoms with Crippen molar-refractivity contribution >= 4 is 0 Å². The maximum Gasteiger partial charge on any atom is 0.247 e. The van der Waals surface area contributed by atoms with E-state index in [9.17, 15) is 0 Å². The summed E-state index contributed by atoms with van der Waals surface area (Å²) in [5.41, 5.74) is 1.99. The highest BCUT2D eigenvalue weighted by Gasteiger charge is 2.62. The molecule has 2 heterocycles. The minimum atomic E-state index is 0.112. The first-order valence-electron chi connectivity index (χ1n) is 8.72. The lowest BCUT2D eigenvalue weighted by atomic mass is 9.40. The Morgan fingerprint density at radius 3 is 2.30 bits per heavy atom. The van der Waals surface area contributed by atoms with Crippen LogP contribution in [0.15, 0.2) is 28.9 Å². The van der Waals surface area contributed by atoms with Gasteiger partial charge in [0.05, 0.1) is 0 Å². The molecule has 2 unspecified atom stereocenters. The normalized spacial score (nSPS) is 41.4. The second-order valence-electron chi connectivity index (χ2n) is 9.06. The maximum absolute atomic E-state index is 6.19. The molecule has 2 atom stereocenters. The summed E-state index contributed by atoms with van der Waals surface area (Å²) in [7, 11) is 0. The molecule has 4 fully saturated rings. The minimum Gasteiger partial charge on any atom is -0.420 e. The van der Waals surface area contributed by atoms with Crippen LogP contribution in [-0.2, 0) is 5.41 Å². The van der Waals surface area contributed by atoms with Crippen LogP contribution in [0, 0.1) is 16.7 Å². The van der Waals surface area contributed by atoms with Crippen LogP contribution in [0.5, 0.6) is 0 Å².